The van der Waals surface area contributed by atoms with Crippen LogP contribution in [0.4, 0.5) is 11.4 Å². The van der Waals surface area contributed by atoms with Crippen LogP contribution in [-0.4, -0.2) is 15.1 Å². The Labute approximate surface area is 116 Å². The largest absolute Gasteiger partial charge is 0.376 e. The molecule has 0 radical (unpaired) electrons. The maximum absolute atomic E-state index is 10.7. The molecule has 0 saturated heterocycles. The highest BCUT2D eigenvalue weighted by Gasteiger charge is 2.09. The van der Waals surface area contributed by atoms with E-state index in [1.165, 1.54) is 12.1 Å². The number of non-ortho nitro benzene ring substituents is 1. The minimum absolute atomic E-state index is 0.0426. The summed E-state index contributed by atoms with van der Waals surface area (Å²) in [4.78, 5) is 14.5. The first-order chi connectivity index (χ1) is 9.54. The molecule has 7 nitrogen and oxygen atoms in total. The molecule has 2 rings (SSSR count). The van der Waals surface area contributed by atoms with Crippen molar-refractivity contribution in [3.63, 3.8) is 0 Å². The lowest BCUT2D eigenvalue weighted by Crippen LogP contribution is -2.01. The van der Waals surface area contributed by atoms with Gasteiger partial charge < -0.3 is 9.84 Å². The molecule has 0 spiro atoms. The molecule has 0 amide bonds. The number of anilines is 1. The molecule has 0 aliphatic heterocycles. The monoisotopic (exact) mass is 276 g/mol. The van der Waals surface area contributed by atoms with Crippen molar-refractivity contribution < 1.29 is 9.45 Å². The van der Waals surface area contributed by atoms with Crippen LogP contribution in [0.3, 0.4) is 0 Å². The van der Waals surface area contributed by atoms with E-state index < -0.39 is 4.92 Å². The Morgan fingerprint density at radius 2 is 2.25 bits per heavy atom. The number of nitrogens with one attached hydrogen (secondary N) is 1. The van der Waals surface area contributed by atoms with Crippen LogP contribution in [-0.2, 0) is 13.0 Å². The molecule has 0 bridgehead atoms. The molecule has 106 valence electrons. The van der Waals surface area contributed by atoms with Crippen molar-refractivity contribution in [1.29, 1.82) is 0 Å². The summed E-state index contributed by atoms with van der Waals surface area (Å²) in [5.74, 6) is 1.60. The highest BCUT2D eigenvalue weighted by molar-refractivity contribution is 5.50. The molecule has 0 saturated carbocycles. The van der Waals surface area contributed by atoms with Gasteiger partial charge in [0, 0.05) is 24.2 Å². The highest BCUT2D eigenvalue weighted by Crippen LogP contribution is 2.17. The van der Waals surface area contributed by atoms with Crippen LogP contribution in [0.2, 0.25) is 0 Å². The summed E-state index contributed by atoms with van der Waals surface area (Å²) in [7, 11) is 0. The molecule has 0 aliphatic rings. The third kappa shape index (κ3) is 3.78. The molecule has 1 aromatic heterocycles. The van der Waals surface area contributed by atoms with Crippen LogP contribution in [0.25, 0.3) is 0 Å². The average Bonchev–Trinajstić information content (AvgIpc) is 2.83. The number of nitro groups is 1. The van der Waals surface area contributed by atoms with E-state index in [1.54, 1.807) is 12.1 Å². The van der Waals surface area contributed by atoms with Crippen molar-refractivity contribution >= 4 is 11.4 Å². The van der Waals surface area contributed by atoms with Crippen molar-refractivity contribution in [3.8, 4) is 0 Å². The molecule has 0 unspecified atom stereocenters. The summed E-state index contributed by atoms with van der Waals surface area (Å²) in [6.45, 7) is 4.50. The summed E-state index contributed by atoms with van der Waals surface area (Å²) in [6, 6.07) is 6.28. The van der Waals surface area contributed by atoms with Gasteiger partial charge in [-0.15, -0.1) is 0 Å². The van der Waals surface area contributed by atoms with Gasteiger partial charge in [0.15, 0.2) is 5.82 Å². The van der Waals surface area contributed by atoms with E-state index in [-0.39, 0.29) is 5.69 Å². The number of aromatic nitrogens is 2. The fourth-order valence-corrected chi connectivity index (χ4v) is 1.72. The zero-order valence-corrected chi connectivity index (χ0v) is 11.4. The van der Waals surface area contributed by atoms with Crippen LogP contribution >= 0.6 is 0 Å². The van der Waals surface area contributed by atoms with Crippen molar-refractivity contribution in [2.45, 2.75) is 26.8 Å². The Balaban J connectivity index is 1.96. The third-order valence-corrected chi connectivity index (χ3v) is 2.60. The number of rotatable bonds is 6. The van der Waals surface area contributed by atoms with Gasteiger partial charge >= 0.3 is 0 Å². The van der Waals surface area contributed by atoms with Crippen molar-refractivity contribution in [2.24, 2.45) is 5.92 Å². The summed E-state index contributed by atoms with van der Waals surface area (Å²) in [5, 5.41) is 17.6. The first-order valence-electron chi connectivity index (χ1n) is 6.34. The predicted octanol–water partition coefficient (Wildman–Crippen LogP) is 2.79. The number of nitro benzene ring substituents is 1. The van der Waals surface area contributed by atoms with Gasteiger partial charge in [-0.3, -0.25) is 10.1 Å². The molecule has 2 aromatic rings. The van der Waals surface area contributed by atoms with Gasteiger partial charge in [-0.2, -0.15) is 4.98 Å². The molecular weight excluding hydrogens is 260 g/mol. The lowest BCUT2D eigenvalue weighted by molar-refractivity contribution is -0.384. The molecule has 0 aliphatic carbocycles. The molecule has 0 atom stereocenters. The zero-order chi connectivity index (χ0) is 14.5. The Bertz CT molecular complexity index is 595. The van der Waals surface area contributed by atoms with Crippen molar-refractivity contribution in [2.75, 3.05) is 5.32 Å². The third-order valence-electron chi connectivity index (χ3n) is 2.60. The van der Waals surface area contributed by atoms with Crippen LogP contribution in [0.15, 0.2) is 28.8 Å². The summed E-state index contributed by atoms with van der Waals surface area (Å²) in [5.41, 5.74) is 0.684. The fourth-order valence-electron chi connectivity index (χ4n) is 1.72. The standard InChI is InChI=1S/C13H16N4O3/c1-9(2)6-12-15-13(20-16-12)8-14-10-4-3-5-11(7-10)17(18)19/h3-5,7,9,14H,6,8H2,1-2H3. The molecule has 7 heteroatoms. The molecular formula is C13H16N4O3. The molecule has 0 fully saturated rings. The van der Waals surface area contributed by atoms with E-state index in [2.05, 4.69) is 29.3 Å². The van der Waals surface area contributed by atoms with Gasteiger partial charge in [-0.1, -0.05) is 25.1 Å². The van der Waals surface area contributed by atoms with Gasteiger partial charge in [0.05, 0.1) is 11.5 Å². The fraction of sp³-hybridized carbons (Fsp3) is 0.385. The zero-order valence-electron chi connectivity index (χ0n) is 11.4. The van der Waals surface area contributed by atoms with Crippen molar-refractivity contribution in [1.82, 2.24) is 10.1 Å². The maximum Gasteiger partial charge on any atom is 0.271 e. The van der Waals surface area contributed by atoms with Gasteiger partial charge in [0.2, 0.25) is 5.89 Å². The quantitative estimate of drug-likeness (QED) is 0.644. The second-order valence-corrected chi connectivity index (χ2v) is 4.86. The smallest absolute Gasteiger partial charge is 0.271 e. The van der Waals surface area contributed by atoms with Crippen LogP contribution in [0, 0.1) is 16.0 Å². The van der Waals surface area contributed by atoms with Gasteiger partial charge in [0.25, 0.3) is 5.69 Å². The van der Waals surface area contributed by atoms with Crippen molar-refractivity contribution in [3.05, 3.63) is 46.1 Å². The lowest BCUT2D eigenvalue weighted by atomic mass is 10.1. The Morgan fingerprint density at radius 3 is 2.95 bits per heavy atom. The minimum Gasteiger partial charge on any atom is -0.376 e. The molecule has 1 N–H and O–H groups in total. The Hall–Kier alpha value is -2.44. The second kappa shape index (κ2) is 6.14. The van der Waals surface area contributed by atoms with Gasteiger partial charge in [-0.25, -0.2) is 0 Å². The topological polar surface area (TPSA) is 94.1 Å². The lowest BCUT2D eigenvalue weighted by Gasteiger charge is -2.02. The van der Waals surface area contributed by atoms with E-state index in [0.717, 1.165) is 6.42 Å². The molecule has 20 heavy (non-hydrogen) atoms. The summed E-state index contributed by atoms with van der Waals surface area (Å²) in [6.07, 6.45) is 0.764. The van der Waals surface area contributed by atoms with E-state index in [1.807, 2.05) is 0 Å². The summed E-state index contributed by atoms with van der Waals surface area (Å²) < 4.78 is 5.11. The van der Waals surface area contributed by atoms with Crippen LogP contribution < -0.4 is 5.32 Å². The number of hydrogen-bond acceptors (Lipinski definition) is 6. The molecule has 1 aromatic carbocycles. The van der Waals surface area contributed by atoms with E-state index in [4.69, 9.17) is 4.52 Å². The van der Waals surface area contributed by atoms with Crippen LogP contribution in [0.5, 0.6) is 0 Å². The first-order valence-corrected chi connectivity index (χ1v) is 6.34. The van der Waals surface area contributed by atoms with E-state index in [9.17, 15) is 10.1 Å². The van der Waals surface area contributed by atoms with Gasteiger partial charge in [-0.05, 0) is 12.0 Å². The average molecular weight is 276 g/mol. The summed E-state index contributed by atoms with van der Waals surface area (Å²) >= 11 is 0. The minimum atomic E-state index is -0.432. The first kappa shape index (κ1) is 14.0. The van der Waals surface area contributed by atoms with Gasteiger partial charge in [0.1, 0.15) is 0 Å². The highest BCUT2D eigenvalue weighted by atomic mass is 16.6. The Kier molecular flexibility index (Phi) is 4.29. The van der Waals surface area contributed by atoms with E-state index >= 15 is 0 Å². The van der Waals surface area contributed by atoms with Crippen LogP contribution in [0.1, 0.15) is 25.6 Å². The predicted molar refractivity (Wildman–Crippen MR) is 73.3 cm³/mol. The number of nitrogens with zero attached hydrogens (tertiary/aromatic N) is 3. The molecule has 1 heterocycles. The normalized spacial score (nSPS) is 10.8. The second-order valence-electron chi connectivity index (χ2n) is 4.86. The number of hydrogen-bond donors (Lipinski definition) is 1. The SMILES string of the molecule is CC(C)Cc1noc(CNc2cccc([N+](=O)[O-])c2)n1. The maximum atomic E-state index is 10.7. The number of benzene rings is 1. The Morgan fingerprint density at radius 1 is 1.45 bits per heavy atom. The van der Waals surface area contributed by atoms with E-state index in [0.29, 0.717) is 29.9 Å².